The van der Waals surface area contributed by atoms with Gasteiger partial charge >= 0.3 is 5.97 Å². The zero-order valence-corrected chi connectivity index (χ0v) is 12.2. The fraction of sp³-hybridized carbons (Fsp3) is 0.412. The van der Waals surface area contributed by atoms with Gasteiger partial charge in [-0.05, 0) is 24.5 Å². The Morgan fingerprint density at radius 2 is 1.90 bits per heavy atom. The molecule has 0 heterocycles. The van der Waals surface area contributed by atoms with Crippen molar-refractivity contribution in [2.45, 2.75) is 45.6 Å². The SMILES string of the molecule is CCCCCC(OC(C)=O)C(=O)/C=C/c1ccccc1. The van der Waals surface area contributed by atoms with Gasteiger partial charge in [-0.15, -0.1) is 0 Å². The van der Waals surface area contributed by atoms with Crippen molar-refractivity contribution < 1.29 is 14.3 Å². The molecule has 0 spiro atoms. The van der Waals surface area contributed by atoms with Crippen molar-refractivity contribution in [1.29, 1.82) is 0 Å². The van der Waals surface area contributed by atoms with E-state index in [9.17, 15) is 9.59 Å². The van der Waals surface area contributed by atoms with Gasteiger partial charge in [-0.2, -0.15) is 0 Å². The van der Waals surface area contributed by atoms with E-state index in [0.29, 0.717) is 6.42 Å². The van der Waals surface area contributed by atoms with E-state index in [2.05, 4.69) is 6.92 Å². The molecule has 0 aliphatic heterocycles. The van der Waals surface area contributed by atoms with E-state index in [1.54, 1.807) is 6.08 Å². The number of benzene rings is 1. The second-order valence-electron chi connectivity index (χ2n) is 4.74. The first-order valence-corrected chi connectivity index (χ1v) is 7.07. The van der Waals surface area contributed by atoms with Crippen LogP contribution >= 0.6 is 0 Å². The Labute approximate surface area is 120 Å². The summed E-state index contributed by atoms with van der Waals surface area (Å²) in [7, 11) is 0. The maximum Gasteiger partial charge on any atom is 0.303 e. The molecule has 1 aromatic carbocycles. The Bertz CT molecular complexity index is 449. The second-order valence-corrected chi connectivity index (χ2v) is 4.74. The van der Waals surface area contributed by atoms with E-state index in [1.165, 1.54) is 13.0 Å². The number of hydrogen-bond acceptors (Lipinski definition) is 3. The molecule has 108 valence electrons. The molecular formula is C17H22O3. The van der Waals surface area contributed by atoms with Gasteiger partial charge in [-0.25, -0.2) is 0 Å². The van der Waals surface area contributed by atoms with Crippen LogP contribution in [-0.4, -0.2) is 17.9 Å². The van der Waals surface area contributed by atoms with Crippen molar-refractivity contribution in [3.63, 3.8) is 0 Å². The minimum atomic E-state index is -0.654. The highest BCUT2D eigenvalue weighted by Gasteiger charge is 2.18. The lowest BCUT2D eigenvalue weighted by molar-refractivity contribution is -0.151. The standard InChI is InChI=1S/C17H22O3/c1-3-4-6-11-17(20-14(2)18)16(19)13-12-15-9-7-5-8-10-15/h5,7-10,12-13,17H,3-4,6,11H2,1-2H3/b13-12+. The fourth-order valence-electron chi connectivity index (χ4n) is 1.89. The molecule has 0 aliphatic rings. The highest BCUT2D eigenvalue weighted by atomic mass is 16.5. The van der Waals surface area contributed by atoms with Gasteiger partial charge in [0.1, 0.15) is 0 Å². The summed E-state index contributed by atoms with van der Waals surface area (Å²) < 4.78 is 5.11. The lowest BCUT2D eigenvalue weighted by Gasteiger charge is -2.13. The zero-order valence-electron chi connectivity index (χ0n) is 12.2. The topological polar surface area (TPSA) is 43.4 Å². The van der Waals surface area contributed by atoms with Crippen LogP contribution in [0, 0.1) is 0 Å². The summed E-state index contributed by atoms with van der Waals surface area (Å²) in [6.07, 6.45) is 6.17. The summed E-state index contributed by atoms with van der Waals surface area (Å²) in [6, 6.07) is 9.58. The summed E-state index contributed by atoms with van der Waals surface area (Å²) in [5.41, 5.74) is 0.955. The predicted molar refractivity (Wildman–Crippen MR) is 80.2 cm³/mol. The molecule has 1 atom stereocenters. The van der Waals surface area contributed by atoms with Gasteiger partial charge in [-0.1, -0.05) is 56.2 Å². The van der Waals surface area contributed by atoms with Crippen LogP contribution in [0.1, 0.15) is 45.1 Å². The van der Waals surface area contributed by atoms with E-state index < -0.39 is 12.1 Å². The van der Waals surface area contributed by atoms with Crippen molar-refractivity contribution in [3.05, 3.63) is 42.0 Å². The molecule has 1 aromatic rings. The number of carbonyl (C=O) groups is 2. The molecule has 1 rings (SSSR count). The highest BCUT2D eigenvalue weighted by Crippen LogP contribution is 2.10. The summed E-state index contributed by atoms with van der Waals surface area (Å²) in [4.78, 5) is 23.1. The molecule has 0 saturated carbocycles. The Kier molecular flexibility index (Phi) is 7.33. The molecule has 0 amide bonds. The number of ketones is 1. The Balaban J connectivity index is 2.62. The number of ether oxygens (including phenoxy) is 1. The van der Waals surface area contributed by atoms with E-state index in [4.69, 9.17) is 4.74 Å². The van der Waals surface area contributed by atoms with Crippen molar-refractivity contribution in [3.8, 4) is 0 Å². The Morgan fingerprint density at radius 1 is 1.20 bits per heavy atom. The first kappa shape index (κ1) is 16.2. The van der Waals surface area contributed by atoms with Gasteiger partial charge < -0.3 is 4.74 Å². The number of esters is 1. The molecule has 0 bridgehead atoms. The van der Waals surface area contributed by atoms with Gasteiger partial charge in [0, 0.05) is 6.92 Å². The van der Waals surface area contributed by atoms with Crippen LogP contribution in [-0.2, 0) is 14.3 Å². The molecule has 0 aliphatic carbocycles. The first-order chi connectivity index (χ1) is 9.63. The third kappa shape index (κ3) is 6.32. The monoisotopic (exact) mass is 274 g/mol. The Morgan fingerprint density at radius 3 is 2.50 bits per heavy atom. The smallest absolute Gasteiger partial charge is 0.303 e. The maximum atomic E-state index is 12.1. The number of hydrogen-bond donors (Lipinski definition) is 0. The largest absolute Gasteiger partial charge is 0.454 e. The van der Waals surface area contributed by atoms with Gasteiger partial charge in [0.15, 0.2) is 11.9 Å². The number of carbonyl (C=O) groups excluding carboxylic acids is 2. The molecule has 3 nitrogen and oxygen atoms in total. The van der Waals surface area contributed by atoms with Crippen molar-refractivity contribution >= 4 is 17.8 Å². The fourth-order valence-corrected chi connectivity index (χ4v) is 1.89. The lowest BCUT2D eigenvalue weighted by atomic mass is 10.1. The molecule has 0 N–H and O–H groups in total. The highest BCUT2D eigenvalue weighted by molar-refractivity contribution is 5.97. The van der Waals surface area contributed by atoms with Gasteiger partial charge in [0.05, 0.1) is 0 Å². The van der Waals surface area contributed by atoms with Gasteiger partial charge in [0.2, 0.25) is 0 Å². The van der Waals surface area contributed by atoms with Crippen LogP contribution in [0.15, 0.2) is 36.4 Å². The normalized spacial score (nSPS) is 12.3. The van der Waals surface area contributed by atoms with Gasteiger partial charge in [-0.3, -0.25) is 9.59 Å². The van der Waals surface area contributed by atoms with Crippen LogP contribution in [0.4, 0.5) is 0 Å². The van der Waals surface area contributed by atoms with Gasteiger partial charge in [0.25, 0.3) is 0 Å². The average molecular weight is 274 g/mol. The number of unbranched alkanes of at least 4 members (excludes halogenated alkanes) is 2. The summed E-state index contributed by atoms with van der Waals surface area (Å²) >= 11 is 0. The molecule has 1 unspecified atom stereocenters. The minimum absolute atomic E-state index is 0.153. The van der Waals surface area contributed by atoms with Crippen molar-refractivity contribution in [2.24, 2.45) is 0 Å². The minimum Gasteiger partial charge on any atom is -0.454 e. The van der Waals surface area contributed by atoms with E-state index >= 15 is 0 Å². The van der Waals surface area contributed by atoms with E-state index in [1.807, 2.05) is 30.3 Å². The summed E-state index contributed by atoms with van der Waals surface area (Å²) in [5.74, 6) is -0.562. The third-order valence-electron chi connectivity index (χ3n) is 2.94. The molecule has 20 heavy (non-hydrogen) atoms. The van der Waals surface area contributed by atoms with Crippen molar-refractivity contribution in [1.82, 2.24) is 0 Å². The third-order valence-corrected chi connectivity index (χ3v) is 2.94. The van der Waals surface area contributed by atoms with Crippen LogP contribution in [0.25, 0.3) is 6.08 Å². The molecule has 0 radical (unpaired) electrons. The molecule has 0 fully saturated rings. The molecule has 3 heteroatoms. The zero-order chi connectivity index (χ0) is 14.8. The summed E-state index contributed by atoms with van der Waals surface area (Å²) in [6.45, 7) is 3.43. The lowest BCUT2D eigenvalue weighted by Crippen LogP contribution is -2.24. The van der Waals surface area contributed by atoms with Crippen molar-refractivity contribution in [2.75, 3.05) is 0 Å². The number of rotatable bonds is 8. The second kappa shape index (κ2) is 9.08. The Hall–Kier alpha value is -1.90. The van der Waals surface area contributed by atoms with Crippen LogP contribution in [0.5, 0.6) is 0 Å². The molecule has 0 saturated heterocycles. The average Bonchev–Trinajstić information content (AvgIpc) is 2.44. The molecular weight excluding hydrogens is 252 g/mol. The van der Waals surface area contributed by atoms with E-state index in [0.717, 1.165) is 24.8 Å². The van der Waals surface area contributed by atoms with Crippen LogP contribution < -0.4 is 0 Å². The predicted octanol–water partition coefficient (Wildman–Crippen LogP) is 3.78. The quantitative estimate of drug-likeness (QED) is 0.411. The van der Waals surface area contributed by atoms with Crippen LogP contribution in [0.3, 0.4) is 0 Å². The first-order valence-electron chi connectivity index (χ1n) is 7.07. The van der Waals surface area contributed by atoms with E-state index in [-0.39, 0.29) is 5.78 Å². The van der Waals surface area contributed by atoms with Crippen LogP contribution in [0.2, 0.25) is 0 Å². The maximum absolute atomic E-state index is 12.1. The summed E-state index contributed by atoms with van der Waals surface area (Å²) in [5, 5.41) is 0. The molecule has 0 aromatic heterocycles.